The molecule has 1 aliphatic rings. The molecule has 2 aromatic carbocycles. The van der Waals surface area contributed by atoms with Crippen LogP contribution >= 0.6 is 0 Å². The van der Waals surface area contributed by atoms with Crippen LogP contribution in [0.5, 0.6) is 5.75 Å². The molecule has 0 saturated carbocycles. The van der Waals surface area contributed by atoms with E-state index in [1.54, 1.807) is 12.1 Å². The number of fused-ring (bicyclic) bond motifs is 3. The second-order valence-electron chi connectivity index (χ2n) is 6.53. The number of benzene rings is 2. The van der Waals surface area contributed by atoms with Gasteiger partial charge in [0, 0.05) is 44.2 Å². The van der Waals surface area contributed by atoms with Crippen molar-refractivity contribution < 1.29 is 9.52 Å². The van der Waals surface area contributed by atoms with Gasteiger partial charge in [-0.15, -0.1) is 0 Å². The average molecular weight is 324 g/mol. The van der Waals surface area contributed by atoms with E-state index in [1.807, 2.05) is 12.1 Å². The van der Waals surface area contributed by atoms with Crippen LogP contribution in [0.15, 0.2) is 45.6 Å². The highest BCUT2D eigenvalue weighted by atomic mass is 16.4. The summed E-state index contributed by atoms with van der Waals surface area (Å²) in [7, 11) is 2.14. The Balaban J connectivity index is 1.73. The summed E-state index contributed by atoms with van der Waals surface area (Å²) in [5.74, 6) is 0.0942. The number of piperazine rings is 1. The molecule has 1 N–H and O–H groups in total. The second kappa shape index (κ2) is 5.92. The monoisotopic (exact) mass is 324 g/mol. The summed E-state index contributed by atoms with van der Waals surface area (Å²) in [6.07, 6.45) is 0. The van der Waals surface area contributed by atoms with Gasteiger partial charge in [-0.2, -0.15) is 0 Å². The van der Waals surface area contributed by atoms with Crippen LogP contribution in [0.25, 0.3) is 21.7 Å². The van der Waals surface area contributed by atoms with Gasteiger partial charge in [0.05, 0.1) is 5.39 Å². The van der Waals surface area contributed by atoms with Crippen molar-refractivity contribution in [1.29, 1.82) is 0 Å². The summed E-state index contributed by atoms with van der Waals surface area (Å²) < 4.78 is 5.38. The molecule has 1 aliphatic heterocycles. The average Bonchev–Trinajstić information content (AvgIpc) is 2.57. The molecule has 0 bridgehead atoms. The molecule has 5 heteroatoms. The minimum atomic E-state index is -0.358. The number of likely N-dealkylation sites (N-methyl/N-ethyl adjacent to an activating group) is 1. The first-order chi connectivity index (χ1) is 11.6. The van der Waals surface area contributed by atoms with Gasteiger partial charge in [-0.1, -0.05) is 12.1 Å². The SMILES string of the molecule is CN1CCN(Cc2ccc3c(c2)c(=O)oc2cc(O)ccc23)CC1. The number of phenolic OH excluding ortho intramolecular Hbond substituents is 1. The number of hydrogen-bond donors (Lipinski definition) is 1. The molecule has 1 fully saturated rings. The van der Waals surface area contributed by atoms with Gasteiger partial charge in [0.25, 0.3) is 0 Å². The Bertz CT molecular complexity index is 956. The number of aromatic hydroxyl groups is 1. The Morgan fingerprint density at radius 2 is 1.75 bits per heavy atom. The first-order valence-electron chi connectivity index (χ1n) is 8.19. The Labute approximate surface area is 139 Å². The zero-order valence-electron chi connectivity index (χ0n) is 13.7. The Morgan fingerprint density at radius 1 is 1.00 bits per heavy atom. The van der Waals surface area contributed by atoms with Crippen LogP contribution in [0.1, 0.15) is 5.56 Å². The maximum atomic E-state index is 12.3. The van der Waals surface area contributed by atoms with Gasteiger partial charge in [-0.3, -0.25) is 4.90 Å². The van der Waals surface area contributed by atoms with E-state index < -0.39 is 0 Å². The molecule has 0 atom stereocenters. The summed E-state index contributed by atoms with van der Waals surface area (Å²) >= 11 is 0. The van der Waals surface area contributed by atoms with Gasteiger partial charge in [-0.25, -0.2) is 4.79 Å². The molecule has 1 aromatic heterocycles. The second-order valence-corrected chi connectivity index (χ2v) is 6.53. The highest BCUT2D eigenvalue weighted by Gasteiger charge is 2.15. The predicted molar refractivity (Wildman–Crippen MR) is 94.4 cm³/mol. The van der Waals surface area contributed by atoms with E-state index >= 15 is 0 Å². The smallest absolute Gasteiger partial charge is 0.344 e. The topological polar surface area (TPSA) is 56.9 Å². The summed E-state index contributed by atoms with van der Waals surface area (Å²) in [5.41, 5.74) is 1.18. The third-order valence-electron chi connectivity index (χ3n) is 4.76. The maximum absolute atomic E-state index is 12.3. The van der Waals surface area contributed by atoms with Crippen molar-refractivity contribution in [2.45, 2.75) is 6.54 Å². The molecular weight excluding hydrogens is 304 g/mol. The summed E-state index contributed by atoms with van der Waals surface area (Å²) in [5, 5.41) is 11.9. The van der Waals surface area contributed by atoms with E-state index in [1.165, 1.54) is 6.07 Å². The van der Waals surface area contributed by atoms with Crippen molar-refractivity contribution in [2.75, 3.05) is 33.2 Å². The Kier molecular flexibility index (Phi) is 3.75. The minimum Gasteiger partial charge on any atom is -0.508 e. The molecule has 0 amide bonds. The number of nitrogens with zero attached hydrogens (tertiary/aromatic N) is 2. The lowest BCUT2D eigenvalue weighted by Crippen LogP contribution is -2.43. The lowest BCUT2D eigenvalue weighted by molar-refractivity contribution is 0.148. The van der Waals surface area contributed by atoms with Gasteiger partial charge >= 0.3 is 5.63 Å². The number of phenols is 1. The number of hydrogen-bond acceptors (Lipinski definition) is 5. The van der Waals surface area contributed by atoms with Crippen LogP contribution in [-0.2, 0) is 6.54 Å². The van der Waals surface area contributed by atoms with Crippen molar-refractivity contribution in [1.82, 2.24) is 9.80 Å². The minimum absolute atomic E-state index is 0.0942. The van der Waals surface area contributed by atoms with Crippen LogP contribution < -0.4 is 5.63 Å². The van der Waals surface area contributed by atoms with Gasteiger partial charge in [-0.05, 0) is 36.2 Å². The van der Waals surface area contributed by atoms with Gasteiger partial charge in [0.2, 0.25) is 0 Å². The van der Waals surface area contributed by atoms with Crippen LogP contribution in [0.2, 0.25) is 0 Å². The Morgan fingerprint density at radius 3 is 2.54 bits per heavy atom. The van der Waals surface area contributed by atoms with Crippen molar-refractivity contribution in [2.24, 2.45) is 0 Å². The molecular formula is C19H20N2O3. The first-order valence-corrected chi connectivity index (χ1v) is 8.19. The fraction of sp³-hybridized carbons (Fsp3) is 0.316. The molecule has 2 heterocycles. The molecule has 4 rings (SSSR count). The highest BCUT2D eigenvalue weighted by Crippen LogP contribution is 2.26. The molecule has 0 spiro atoms. The highest BCUT2D eigenvalue weighted by molar-refractivity contribution is 6.04. The van der Waals surface area contributed by atoms with E-state index in [9.17, 15) is 9.90 Å². The van der Waals surface area contributed by atoms with Gasteiger partial charge in [0.1, 0.15) is 11.3 Å². The molecule has 124 valence electrons. The quantitative estimate of drug-likeness (QED) is 0.579. The van der Waals surface area contributed by atoms with Crippen LogP contribution in [0.3, 0.4) is 0 Å². The van der Waals surface area contributed by atoms with Gasteiger partial charge in [0.15, 0.2) is 0 Å². The zero-order chi connectivity index (χ0) is 16.7. The van der Waals surface area contributed by atoms with E-state index in [0.29, 0.717) is 11.0 Å². The zero-order valence-corrected chi connectivity index (χ0v) is 13.7. The largest absolute Gasteiger partial charge is 0.508 e. The van der Waals surface area contributed by atoms with Crippen LogP contribution in [0, 0.1) is 0 Å². The lowest BCUT2D eigenvalue weighted by atomic mass is 10.0. The molecule has 3 aromatic rings. The van der Waals surface area contributed by atoms with E-state index in [4.69, 9.17) is 4.42 Å². The van der Waals surface area contributed by atoms with E-state index in [-0.39, 0.29) is 11.4 Å². The fourth-order valence-corrected chi connectivity index (χ4v) is 3.33. The molecule has 0 unspecified atom stereocenters. The Hall–Kier alpha value is -2.37. The van der Waals surface area contributed by atoms with Crippen LogP contribution in [-0.4, -0.2) is 48.1 Å². The molecule has 0 aliphatic carbocycles. The normalized spacial score (nSPS) is 16.9. The fourth-order valence-electron chi connectivity index (χ4n) is 3.33. The van der Waals surface area contributed by atoms with Crippen molar-refractivity contribution in [3.63, 3.8) is 0 Å². The van der Waals surface area contributed by atoms with Gasteiger partial charge < -0.3 is 14.4 Å². The van der Waals surface area contributed by atoms with Crippen LogP contribution in [0.4, 0.5) is 0 Å². The predicted octanol–water partition coefficient (Wildman–Crippen LogP) is 2.40. The van der Waals surface area contributed by atoms with Crippen molar-refractivity contribution in [3.05, 3.63) is 52.4 Å². The summed E-state index contributed by atoms with van der Waals surface area (Å²) in [4.78, 5) is 17.1. The molecule has 24 heavy (non-hydrogen) atoms. The molecule has 0 radical (unpaired) electrons. The summed E-state index contributed by atoms with van der Waals surface area (Å²) in [6, 6.07) is 10.9. The summed E-state index contributed by atoms with van der Waals surface area (Å²) in [6.45, 7) is 5.07. The van der Waals surface area contributed by atoms with E-state index in [2.05, 4.69) is 22.9 Å². The standard InChI is InChI=1S/C19H20N2O3/c1-20-6-8-21(9-7-20)12-13-2-4-15-16-5-3-14(22)11-18(16)24-19(23)17(15)10-13/h2-5,10-11,22H,6-9,12H2,1H3. The lowest BCUT2D eigenvalue weighted by Gasteiger charge is -2.32. The van der Waals surface area contributed by atoms with Crippen molar-refractivity contribution in [3.8, 4) is 5.75 Å². The first kappa shape index (κ1) is 15.2. The van der Waals surface area contributed by atoms with E-state index in [0.717, 1.165) is 49.1 Å². The number of rotatable bonds is 2. The van der Waals surface area contributed by atoms with Crippen molar-refractivity contribution >= 4 is 21.7 Å². The third kappa shape index (κ3) is 2.77. The third-order valence-corrected chi connectivity index (χ3v) is 4.76. The molecule has 5 nitrogen and oxygen atoms in total. The maximum Gasteiger partial charge on any atom is 0.344 e. The molecule has 1 saturated heterocycles.